The summed E-state index contributed by atoms with van der Waals surface area (Å²) < 4.78 is 3.86. The highest BCUT2D eigenvalue weighted by molar-refractivity contribution is 5.84. The smallest absolute Gasteiger partial charge is 0.248 e. The second-order valence-corrected chi connectivity index (χ2v) is 7.87. The highest BCUT2D eigenvalue weighted by Gasteiger charge is 2.42. The Kier molecular flexibility index (Phi) is 5.11. The number of hydrogen-bond donors (Lipinski definition) is 1. The third-order valence-corrected chi connectivity index (χ3v) is 5.71. The predicted molar refractivity (Wildman–Crippen MR) is 106 cm³/mol. The first-order valence-corrected chi connectivity index (χ1v) is 10.1. The first kappa shape index (κ1) is 18.6. The van der Waals surface area contributed by atoms with Gasteiger partial charge in [-0.1, -0.05) is 45.2 Å². The van der Waals surface area contributed by atoms with Gasteiger partial charge in [0.1, 0.15) is 17.7 Å². The average Bonchev–Trinajstić information content (AvgIpc) is 3.37. The second kappa shape index (κ2) is 7.69. The summed E-state index contributed by atoms with van der Waals surface area (Å²) in [5.74, 6) is 1.37. The fourth-order valence-corrected chi connectivity index (χ4v) is 4.27. The molecule has 2 aromatic heterocycles. The Morgan fingerprint density at radius 1 is 1.21 bits per heavy atom. The van der Waals surface area contributed by atoms with E-state index >= 15 is 0 Å². The van der Waals surface area contributed by atoms with Crippen LogP contribution in [-0.4, -0.2) is 42.2 Å². The molecule has 1 aliphatic rings. The first-order valence-electron chi connectivity index (χ1n) is 10.1. The van der Waals surface area contributed by atoms with E-state index in [2.05, 4.69) is 45.3 Å². The van der Waals surface area contributed by atoms with Crippen LogP contribution in [0.5, 0.6) is 0 Å². The molecule has 1 N–H and O–H groups in total. The minimum atomic E-state index is -0.667. The summed E-state index contributed by atoms with van der Waals surface area (Å²) in [7, 11) is 0. The number of imidazole rings is 1. The van der Waals surface area contributed by atoms with Crippen molar-refractivity contribution < 1.29 is 4.79 Å². The number of tetrazole rings is 1. The van der Waals surface area contributed by atoms with Gasteiger partial charge < -0.3 is 9.88 Å². The molecule has 0 spiro atoms. The molecule has 3 aromatic rings. The molecule has 148 valence electrons. The molecule has 0 radical (unpaired) electrons. The lowest BCUT2D eigenvalue weighted by molar-refractivity contribution is -0.132. The summed E-state index contributed by atoms with van der Waals surface area (Å²) in [6.07, 6.45) is 6.28. The van der Waals surface area contributed by atoms with Gasteiger partial charge in [-0.2, -0.15) is 0 Å². The number of carbonyl (C=O) groups excluding carboxylic acids is 1. The molecule has 1 amide bonds. The van der Waals surface area contributed by atoms with Gasteiger partial charge in [0.25, 0.3) is 0 Å². The monoisotopic (exact) mass is 381 g/mol. The molecule has 8 nitrogen and oxygen atoms in total. The molecule has 4 rings (SSSR count). The van der Waals surface area contributed by atoms with Gasteiger partial charge >= 0.3 is 0 Å². The number of hydrogen-bond acceptors (Lipinski definition) is 5. The molecule has 1 aromatic carbocycles. The Hall–Kier alpha value is -2.77. The molecule has 2 heterocycles. The number of aromatic nitrogens is 6. The van der Waals surface area contributed by atoms with E-state index in [0.29, 0.717) is 19.0 Å². The van der Waals surface area contributed by atoms with Crippen molar-refractivity contribution in [1.29, 1.82) is 0 Å². The third kappa shape index (κ3) is 3.27. The van der Waals surface area contributed by atoms with Gasteiger partial charge in [0.05, 0.1) is 11.0 Å². The van der Waals surface area contributed by atoms with E-state index in [0.717, 1.165) is 49.0 Å². The van der Waals surface area contributed by atoms with Crippen LogP contribution in [-0.2, 0) is 16.9 Å². The zero-order valence-electron chi connectivity index (χ0n) is 16.5. The molecule has 0 aliphatic heterocycles. The molecule has 0 atom stereocenters. The van der Waals surface area contributed by atoms with Crippen LogP contribution in [0.2, 0.25) is 0 Å². The minimum absolute atomic E-state index is 0.00928. The maximum atomic E-state index is 13.2. The number of rotatable bonds is 6. The van der Waals surface area contributed by atoms with Crippen LogP contribution >= 0.6 is 0 Å². The van der Waals surface area contributed by atoms with Crippen LogP contribution in [0.1, 0.15) is 57.7 Å². The highest BCUT2D eigenvalue weighted by Crippen LogP contribution is 2.34. The second-order valence-electron chi connectivity index (χ2n) is 7.87. The molecular weight excluding hydrogens is 354 g/mol. The van der Waals surface area contributed by atoms with Crippen molar-refractivity contribution in [2.24, 2.45) is 0 Å². The van der Waals surface area contributed by atoms with Crippen LogP contribution in [0, 0.1) is 0 Å². The highest BCUT2D eigenvalue weighted by atomic mass is 16.2. The fraction of sp³-hybridized carbons (Fsp3) is 0.550. The summed E-state index contributed by atoms with van der Waals surface area (Å²) in [6.45, 7) is 5.52. The lowest BCUT2D eigenvalue weighted by Gasteiger charge is -2.35. The van der Waals surface area contributed by atoms with Crippen molar-refractivity contribution in [2.75, 3.05) is 6.54 Å². The Labute approximate surface area is 164 Å². The summed E-state index contributed by atoms with van der Waals surface area (Å²) in [5, 5.41) is 14.7. The van der Waals surface area contributed by atoms with Crippen molar-refractivity contribution >= 4 is 16.9 Å². The quantitative estimate of drug-likeness (QED) is 0.709. The van der Waals surface area contributed by atoms with Crippen LogP contribution < -0.4 is 5.32 Å². The third-order valence-electron chi connectivity index (χ3n) is 5.71. The SMILES string of the molecule is CC(C)c1nc2ccccc2n1CCNC(=O)C1(n2cnnn2)CCCCC1. The number of fused-ring (bicyclic) bond motifs is 1. The van der Waals surface area contributed by atoms with E-state index in [4.69, 9.17) is 4.98 Å². The standard InChI is InChI=1S/C20H27N7O/c1-15(2)18-23-16-8-4-5-9-17(16)26(18)13-12-21-19(28)20(10-6-3-7-11-20)27-14-22-24-25-27/h4-5,8-9,14-15H,3,6-7,10-13H2,1-2H3,(H,21,28). The molecular formula is C20H27N7O. The molecule has 0 bridgehead atoms. The number of para-hydroxylation sites is 2. The van der Waals surface area contributed by atoms with E-state index in [1.807, 2.05) is 18.2 Å². The van der Waals surface area contributed by atoms with E-state index in [1.54, 1.807) is 11.0 Å². The average molecular weight is 381 g/mol. The van der Waals surface area contributed by atoms with Gasteiger partial charge in [0.15, 0.2) is 0 Å². The maximum absolute atomic E-state index is 13.2. The van der Waals surface area contributed by atoms with Gasteiger partial charge in [-0.25, -0.2) is 9.67 Å². The number of amides is 1. The van der Waals surface area contributed by atoms with Crippen molar-refractivity contribution in [3.63, 3.8) is 0 Å². The zero-order valence-corrected chi connectivity index (χ0v) is 16.5. The van der Waals surface area contributed by atoms with E-state index in [9.17, 15) is 4.79 Å². The molecule has 8 heteroatoms. The van der Waals surface area contributed by atoms with Gasteiger partial charge in [0, 0.05) is 19.0 Å². The zero-order chi connectivity index (χ0) is 19.6. The van der Waals surface area contributed by atoms with Crippen LogP contribution in [0.4, 0.5) is 0 Å². The maximum Gasteiger partial charge on any atom is 0.248 e. The Morgan fingerprint density at radius 2 is 2.00 bits per heavy atom. The molecule has 0 unspecified atom stereocenters. The van der Waals surface area contributed by atoms with Gasteiger partial charge in [0.2, 0.25) is 5.91 Å². The fourth-order valence-electron chi connectivity index (χ4n) is 4.27. The molecule has 1 fully saturated rings. The summed E-state index contributed by atoms with van der Waals surface area (Å²) >= 11 is 0. The predicted octanol–water partition coefficient (Wildman–Crippen LogP) is 2.62. The number of nitrogens with one attached hydrogen (secondary N) is 1. The Morgan fingerprint density at radius 3 is 2.71 bits per heavy atom. The molecule has 1 saturated carbocycles. The molecule has 0 saturated heterocycles. The lowest BCUT2D eigenvalue weighted by Crippen LogP contribution is -2.51. The van der Waals surface area contributed by atoms with Gasteiger partial charge in [-0.05, 0) is 35.4 Å². The van der Waals surface area contributed by atoms with Crippen LogP contribution in [0.15, 0.2) is 30.6 Å². The Bertz CT molecular complexity index is 939. The summed E-state index contributed by atoms with van der Waals surface area (Å²) in [5.41, 5.74) is 1.43. The summed E-state index contributed by atoms with van der Waals surface area (Å²) in [4.78, 5) is 18.0. The van der Waals surface area contributed by atoms with Crippen molar-refractivity contribution in [3.05, 3.63) is 36.4 Å². The largest absolute Gasteiger partial charge is 0.352 e. The van der Waals surface area contributed by atoms with Crippen molar-refractivity contribution in [1.82, 2.24) is 35.1 Å². The van der Waals surface area contributed by atoms with E-state index in [-0.39, 0.29) is 5.91 Å². The van der Waals surface area contributed by atoms with E-state index < -0.39 is 5.54 Å². The molecule has 28 heavy (non-hydrogen) atoms. The topological polar surface area (TPSA) is 90.5 Å². The Balaban J connectivity index is 1.51. The van der Waals surface area contributed by atoms with Gasteiger partial charge in [-0.3, -0.25) is 4.79 Å². The van der Waals surface area contributed by atoms with Crippen molar-refractivity contribution in [3.8, 4) is 0 Å². The van der Waals surface area contributed by atoms with Crippen molar-refractivity contribution in [2.45, 2.75) is 64.0 Å². The van der Waals surface area contributed by atoms with Crippen LogP contribution in [0.3, 0.4) is 0 Å². The number of nitrogens with zero attached hydrogens (tertiary/aromatic N) is 6. The minimum Gasteiger partial charge on any atom is -0.352 e. The number of carbonyl (C=O) groups is 1. The number of benzene rings is 1. The first-order chi connectivity index (χ1) is 13.6. The van der Waals surface area contributed by atoms with E-state index in [1.165, 1.54) is 0 Å². The molecule has 1 aliphatic carbocycles. The van der Waals surface area contributed by atoms with Crippen LogP contribution in [0.25, 0.3) is 11.0 Å². The normalized spacial score (nSPS) is 16.5. The summed E-state index contributed by atoms with van der Waals surface area (Å²) in [6, 6.07) is 8.15. The van der Waals surface area contributed by atoms with Gasteiger partial charge in [-0.15, -0.1) is 5.10 Å². The lowest BCUT2D eigenvalue weighted by atomic mass is 9.81.